The summed E-state index contributed by atoms with van der Waals surface area (Å²) in [6.07, 6.45) is 3.94. The van der Waals surface area contributed by atoms with Gasteiger partial charge in [0.25, 0.3) is 0 Å². The third-order valence-corrected chi connectivity index (χ3v) is 12.2. The fourth-order valence-electron chi connectivity index (χ4n) is 9.59. The normalized spacial score (nSPS) is 13.5. The van der Waals surface area contributed by atoms with Gasteiger partial charge in [0.1, 0.15) is 0 Å². The minimum Gasteiger partial charge on any atom is -0.309 e. The van der Waals surface area contributed by atoms with Crippen LogP contribution in [-0.2, 0) is 5.41 Å². The van der Waals surface area contributed by atoms with Gasteiger partial charge in [0, 0.05) is 50.8 Å². The van der Waals surface area contributed by atoms with Crippen LogP contribution >= 0.6 is 0 Å². The fraction of sp³-hybridized carbons (Fsp3) is 0.0588. The molecule has 3 heteroatoms. The Balaban J connectivity index is 1.06. The van der Waals surface area contributed by atoms with Crippen molar-refractivity contribution < 1.29 is 0 Å². The van der Waals surface area contributed by atoms with Gasteiger partial charge in [-0.15, -0.1) is 0 Å². The summed E-state index contributed by atoms with van der Waals surface area (Å²) in [6, 6.07) is 55.7. The molecule has 252 valence electrons. The molecule has 0 N–H and O–H groups in total. The molecular weight excluding hydrogens is 655 g/mol. The molecule has 0 fully saturated rings. The van der Waals surface area contributed by atoms with Crippen LogP contribution in [0.4, 0.5) is 0 Å². The summed E-state index contributed by atoms with van der Waals surface area (Å²) >= 11 is 0. The molecule has 0 amide bonds. The van der Waals surface area contributed by atoms with Gasteiger partial charge in [-0.05, 0) is 115 Å². The van der Waals surface area contributed by atoms with E-state index in [0.717, 1.165) is 27.7 Å². The van der Waals surface area contributed by atoms with Crippen LogP contribution in [0.2, 0.25) is 0 Å². The number of fused-ring (bicyclic) bond motifs is 8. The van der Waals surface area contributed by atoms with E-state index in [1.807, 2.05) is 24.5 Å². The van der Waals surface area contributed by atoms with Crippen molar-refractivity contribution in [2.45, 2.75) is 19.3 Å². The first-order chi connectivity index (χ1) is 26.5. The number of nitrogens with zero attached hydrogens (tertiary/aromatic N) is 3. The average Bonchev–Trinajstić information content (AvgIpc) is 3.66. The third-order valence-electron chi connectivity index (χ3n) is 12.2. The zero-order valence-corrected chi connectivity index (χ0v) is 29.9. The van der Waals surface area contributed by atoms with Crippen LogP contribution in [0.5, 0.6) is 0 Å². The summed E-state index contributed by atoms with van der Waals surface area (Å²) in [5.74, 6) is 0. The summed E-state index contributed by atoms with van der Waals surface area (Å²) in [6.45, 7) is 4.80. The molecule has 0 bridgehead atoms. The third kappa shape index (κ3) is 3.96. The van der Waals surface area contributed by atoms with Crippen molar-refractivity contribution >= 4 is 65.0 Å². The Morgan fingerprint density at radius 1 is 0.463 bits per heavy atom. The van der Waals surface area contributed by atoms with Crippen molar-refractivity contribution in [3.63, 3.8) is 0 Å². The van der Waals surface area contributed by atoms with Gasteiger partial charge in [0.15, 0.2) is 0 Å². The first-order valence-electron chi connectivity index (χ1n) is 18.7. The summed E-state index contributed by atoms with van der Waals surface area (Å²) in [7, 11) is 0. The molecule has 0 unspecified atom stereocenters. The number of para-hydroxylation sites is 3. The molecule has 1 aliphatic carbocycles. The molecule has 0 saturated carbocycles. The quantitative estimate of drug-likeness (QED) is 0.173. The Labute approximate surface area is 312 Å². The van der Waals surface area contributed by atoms with Crippen molar-refractivity contribution in [2.24, 2.45) is 0 Å². The fourth-order valence-corrected chi connectivity index (χ4v) is 9.59. The van der Waals surface area contributed by atoms with Gasteiger partial charge in [-0.1, -0.05) is 111 Å². The average molecular weight is 688 g/mol. The van der Waals surface area contributed by atoms with Gasteiger partial charge < -0.3 is 4.57 Å². The lowest BCUT2D eigenvalue weighted by Crippen LogP contribution is -2.15. The van der Waals surface area contributed by atoms with Crippen molar-refractivity contribution in [3.05, 3.63) is 175 Å². The van der Waals surface area contributed by atoms with Gasteiger partial charge in [-0.3, -0.25) is 9.97 Å². The molecule has 1 aliphatic rings. The lowest BCUT2D eigenvalue weighted by Gasteiger charge is -2.23. The van der Waals surface area contributed by atoms with E-state index in [9.17, 15) is 0 Å². The van der Waals surface area contributed by atoms with Crippen molar-refractivity contribution in [2.75, 3.05) is 0 Å². The van der Waals surface area contributed by atoms with E-state index in [1.165, 1.54) is 87.6 Å². The van der Waals surface area contributed by atoms with Gasteiger partial charge in [-0.25, -0.2) is 0 Å². The molecule has 0 radical (unpaired) electrons. The zero-order chi connectivity index (χ0) is 35.7. The standard InChI is InChI=1S/C51H33N3/c1-51(2)42-27-47-40(37-13-7-9-15-46(37)54(47)35-11-4-3-5-12-35)26-41(42)50-39-22-17-30-16-20-36(38-21-18-32(25-43(50)51)49(39)48(30)38)33-19-23-45(52-28-33)34-24-31-10-6-8-14-44(31)53-29-34/h3-29H,1-2H3. The topological polar surface area (TPSA) is 30.7 Å². The number of aromatic nitrogens is 3. The second-order valence-electron chi connectivity index (χ2n) is 15.4. The number of hydrogen-bond donors (Lipinski definition) is 0. The van der Waals surface area contributed by atoms with Crippen LogP contribution in [0.25, 0.3) is 104 Å². The molecule has 0 atom stereocenters. The molecule has 0 spiro atoms. The molecule has 3 heterocycles. The van der Waals surface area contributed by atoms with E-state index in [-0.39, 0.29) is 5.41 Å². The Hall–Kier alpha value is -6.84. The summed E-state index contributed by atoms with van der Waals surface area (Å²) in [4.78, 5) is 9.63. The number of rotatable bonds is 3. The largest absolute Gasteiger partial charge is 0.309 e. The van der Waals surface area contributed by atoms with Gasteiger partial charge in [0.2, 0.25) is 0 Å². The predicted octanol–water partition coefficient (Wildman–Crippen LogP) is 13.3. The highest BCUT2D eigenvalue weighted by atomic mass is 15.0. The second kappa shape index (κ2) is 10.6. The number of hydrogen-bond acceptors (Lipinski definition) is 2. The van der Waals surface area contributed by atoms with Crippen LogP contribution in [0, 0.1) is 0 Å². The molecule has 54 heavy (non-hydrogen) atoms. The maximum atomic E-state index is 4.96. The first-order valence-corrected chi connectivity index (χ1v) is 18.7. The molecule has 8 aromatic carbocycles. The van der Waals surface area contributed by atoms with Crippen LogP contribution in [0.1, 0.15) is 25.0 Å². The zero-order valence-electron chi connectivity index (χ0n) is 29.9. The molecule has 3 nitrogen and oxygen atoms in total. The van der Waals surface area contributed by atoms with E-state index < -0.39 is 0 Å². The summed E-state index contributed by atoms with van der Waals surface area (Å²) in [5.41, 5.74) is 14.3. The predicted molar refractivity (Wildman–Crippen MR) is 226 cm³/mol. The maximum Gasteiger partial charge on any atom is 0.0718 e. The van der Waals surface area contributed by atoms with E-state index in [4.69, 9.17) is 4.98 Å². The Bertz CT molecular complexity index is 3330. The number of benzene rings is 8. The van der Waals surface area contributed by atoms with Gasteiger partial charge in [-0.2, -0.15) is 0 Å². The lowest BCUT2D eigenvalue weighted by atomic mass is 9.80. The summed E-state index contributed by atoms with van der Waals surface area (Å²) in [5, 5.41) is 11.5. The highest BCUT2D eigenvalue weighted by Gasteiger charge is 2.38. The molecule has 0 saturated heterocycles. The van der Waals surface area contributed by atoms with Gasteiger partial charge in [0.05, 0.1) is 22.2 Å². The SMILES string of the molecule is CC1(C)c2cc3c(cc2-c2c1cc1ccc4c(-c5ccc(-c6cnc7ccccc7c6)nc5)ccc5ccc2c1c54)c1ccccc1n3-c1ccccc1. The molecule has 11 aromatic rings. The highest BCUT2D eigenvalue weighted by molar-refractivity contribution is 6.29. The van der Waals surface area contributed by atoms with E-state index in [2.05, 4.69) is 163 Å². The van der Waals surface area contributed by atoms with Crippen LogP contribution in [0.3, 0.4) is 0 Å². The van der Waals surface area contributed by atoms with E-state index >= 15 is 0 Å². The molecule has 0 aliphatic heterocycles. The van der Waals surface area contributed by atoms with E-state index in [0.29, 0.717) is 0 Å². The second-order valence-corrected chi connectivity index (χ2v) is 15.4. The monoisotopic (exact) mass is 687 g/mol. The maximum absolute atomic E-state index is 4.96. The highest BCUT2D eigenvalue weighted by Crippen LogP contribution is 2.55. The van der Waals surface area contributed by atoms with Gasteiger partial charge >= 0.3 is 0 Å². The number of pyridine rings is 2. The van der Waals surface area contributed by atoms with Crippen LogP contribution in [0.15, 0.2) is 164 Å². The minimum absolute atomic E-state index is 0.166. The van der Waals surface area contributed by atoms with Crippen LogP contribution in [-0.4, -0.2) is 14.5 Å². The Kier molecular flexibility index (Phi) is 5.84. The van der Waals surface area contributed by atoms with Crippen molar-refractivity contribution in [3.8, 4) is 39.2 Å². The van der Waals surface area contributed by atoms with Crippen LogP contribution < -0.4 is 0 Å². The van der Waals surface area contributed by atoms with E-state index in [1.54, 1.807) is 0 Å². The lowest BCUT2D eigenvalue weighted by molar-refractivity contribution is 0.662. The molecular formula is C51H33N3. The first kappa shape index (κ1) is 29.7. The Morgan fingerprint density at radius 2 is 1.22 bits per heavy atom. The summed E-state index contributed by atoms with van der Waals surface area (Å²) < 4.78 is 2.44. The Morgan fingerprint density at radius 3 is 2.11 bits per heavy atom. The molecule has 12 rings (SSSR count). The smallest absolute Gasteiger partial charge is 0.0718 e. The molecule has 3 aromatic heterocycles. The minimum atomic E-state index is -0.166. The van der Waals surface area contributed by atoms with Crippen molar-refractivity contribution in [1.29, 1.82) is 0 Å². The van der Waals surface area contributed by atoms with Crippen molar-refractivity contribution in [1.82, 2.24) is 14.5 Å².